The molecule has 0 unspecified atom stereocenters. The summed E-state index contributed by atoms with van der Waals surface area (Å²) in [4.78, 5) is 61.2. The van der Waals surface area contributed by atoms with Crippen LogP contribution < -0.4 is 10.6 Å². The Morgan fingerprint density at radius 1 is 0.957 bits per heavy atom. The van der Waals surface area contributed by atoms with Crippen molar-refractivity contribution in [2.45, 2.75) is 64.2 Å². The smallest absolute Gasteiger partial charge is 0.408 e. The average molecular weight is 657 g/mol. The van der Waals surface area contributed by atoms with E-state index in [1.807, 2.05) is 74.5 Å². The maximum absolute atomic E-state index is 14.4. The molecule has 3 amide bonds. The summed E-state index contributed by atoms with van der Waals surface area (Å²) in [5.41, 5.74) is 1.86. The number of fused-ring (bicyclic) bond motifs is 1. The normalized spacial score (nSPS) is 17.7. The van der Waals surface area contributed by atoms with Crippen LogP contribution in [-0.2, 0) is 20.7 Å². The Labute approximate surface area is 278 Å². The summed E-state index contributed by atoms with van der Waals surface area (Å²) in [7, 11) is 0. The number of amides is 3. The number of alkyl carbamates (subject to hydrolysis) is 1. The molecule has 47 heavy (non-hydrogen) atoms. The number of rotatable bonds is 10. The zero-order valence-electron chi connectivity index (χ0n) is 27.1. The molecule has 2 heterocycles. The molecule has 1 aromatic heterocycles. The highest BCUT2D eigenvalue weighted by Crippen LogP contribution is 2.41. The molecule has 4 atom stereocenters. The number of carbonyl (C=O) groups excluding carboxylic acids is 4. The molecule has 2 N–H and O–H groups in total. The molecule has 0 bridgehead atoms. The topological polar surface area (TPSA) is 131 Å². The molecule has 0 spiro atoms. The highest BCUT2D eigenvalue weighted by atomic mass is 32.2. The van der Waals surface area contributed by atoms with Gasteiger partial charge in [-0.1, -0.05) is 86.6 Å². The molecule has 4 aromatic rings. The van der Waals surface area contributed by atoms with Crippen LogP contribution in [-0.4, -0.2) is 57.1 Å². The number of aromatic nitrogens is 1. The first-order chi connectivity index (χ1) is 22.4. The minimum atomic E-state index is -1.18. The third kappa shape index (κ3) is 8.21. The van der Waals surface area contributed by atoms with Gasteiger partial charge in [0.15, 0.2) is 5.58 Å². The minimum Gasteiger partial charge on any atom is -0.444 e. The zero-order chi connectivity index (χ0) is 33.7. The number of Topliss-reactive ketones (excluding diaryl/α,β-unsaturated/α-hetero) is 1. The van der Waals surface area contributed by atoms with Crippen LogP contribution in [0.5, 0.6) is 0 Å². The third-order valence-corrected chi connectivity index (χ3v) is 9.00. The molecule has 246 valence electrons. The van der Waals surface area contributed by atoms with E-state index in [0.717, 1.165) is 11.1 Å². The van der Waals surface area contributed by atoms with Gasteiger partial charge in [0.2, 0.25) is 17.6 Å². The second-order valence-electron chi connectivity index (χ2n) is 12.8. The molecule has 0 aliphatic carbocycles. The molecule has 1 aliphatic heterocycles. The molecule has 1 saturated heterocycles. The lowest BCUT2D eigenvalue weighted by Gasteiger charge is -2.35. The standard InChI is InChI=1S/C36H40N4O6S/c1-22(2)29(39-35(44)46-36(3,4)5)33(43)40-28(21-47-34(40)24-16-10-7-11-17-24)38-31(42)25(20-23-14-8-6-9-15-23)30(41)32-37-26-18-12-13-19-27(26)45-32/h6-19,22,25,28-29,34H,20-21H2,1-5H3,(H,38,42)(H,39,44)/t25-,28+,29-,34+/m0/s1. The first-order valence-corrected chi connectivity index (χ1v) is 16.7. The number of thioether (sulfide) groups is 1. The largest absolute Gasteiger partial charge is 0.444 e. The van der Waals surface area contributed by atoms with Crippen LogP contribution in [0, 0.1) is 11.8 Å². The van der Waals surface area contributed by atoms with Crippen LogP contribution in [0.4, 0.5) is 4.79 Å². The first-order valence-electron chi connectivity index (χ1n) is 15.6. The number of nitrogens with zero attached hydrogens (tertiary/aromatic N) is 2. The number of oxazole rings is 1. The Kier molecular flexibility index (Phi) is 10.3. The van der Waals surface area contributed by atoms with Crippen LogP contribution in [0.3, 0.4) is 0 Å². The van der Waals surface area contributed by atoms with E-state index in [1.165, 1.54) is 11.8 Å². The third-order valence-electron chi connectivity index (χ3n) is 7.67. The second kappa shape index (κ2) is 14.4. The second-order valence-corrected chi connectivity index (χ2v) is 13.9. The minimum absolute atomic E-state index is 0.106. The van der Waals surface area contributed by atoms with E-state index >= 15 is 0 Å². The van der Waals surface area contributed by atoms with Crippen molar-refractivity contribution in [3.63, 3.8) is 0 Å². The average Bonchev–Trinajstić information content (AvgIpc) is 3.66. The lowest BCUT2D eigenvalue weighted by molar-refractivity contribution is -0.139. The van der Waals surface area contributed by atoms with Crippen molar-refractivity contribution < 1.29 is 28.3 Å². The van der Waals surface area contributed by atoms with Crippen LogP contribution in [0.25, 0.3) is 11.1 Å². The van der Waals surface area contributed by atoms with Gasteiger partial charge in [0.1, 0.15) is 34.6 Å². The van der Waals surface area contributed by atoms with Crippen molar-refractivity contribution in [1.29, 1.82) is 0 Å². The van der Waals surface area contributed by atoms with E-state index in [-0.39, 0.29) is 24.1 Å². The Hall–Kier alpha value is -4.64. The molecular weight excluding hydrogens is 616 g/mol. The number of nitrogens with one attached hydrogen (secondary N) is 2. The summed E-state index contributed by atoms with van der Waals surface area (Å²) in [5, 5.41) is 5.32. The molecule has 5 rings (SSSR count). The van der Waals surface area contributed by atoms with Crippen molar-refractivity contribution in [2.24, 2.45) is 11.8 Å². The van der Waals surface area contributed by atoms with E-state index in [4.69, 9.17) is 9.15 Å². The lowest BCUT2D eigenvalue weighted by Crippen LogP contribution is -2.58. The van der Waals surface area contributed by atoms with Gasteiger partial charge in [0, 0.05) is 5.75 Å². The van der Waals surface area contributed by atoms with E-state index in [1.54, 1.807) is 49.9 Å². The van der Waals surface area contributed by atoms with Crippen molar-refractivity contribution in [1.82, 2.24) is 20.5 Å². The summed E-state index contributed by atoms with van der Waals surface area (Å²) in [5.74, 6) is -2.75. The van der Waals surface area contributed by atoms with Crippen molar-refractivity contribution >= 4 is 46.6 Å². The van der Waals surface area contributed by atoms with Crippen molar-refractivity contribution in [3.8, 4) is 0 Å². The molecule has 0 radical (unpaired) electrons. The number of ether oxygens (including phenoxy) is 1. The first kappa shape index (κ1) is 33.7. The molecular formula is C36H40N4O6S. The van der Waals surface area contributed by atoms with Gasteiger partial charge in [-0.3, -0.25) is 14.4 Å². The van der Waals surface area contributed by atoms with Gasteiger partial charge in [-0.05, 0) is 56.4 Å². The summed E-state index contributed by atoms with van der Waals surface area (Å²) < 4.78 is 11.2. The van der Waals surface area contributed by atoms with Crippen LogP contribution in [0.1, 0.15) is 61.8 Å². The molecule has 11 heteroatoms. The summed E-state index contributed by atoms with van der Waals surface area (Å²) >= 11 is 1.49. The highest BCUT2D eigenvalue weighted by Gasteiger charge is 2.44. The van der Waals surface area contributed by atoms with Gasteiger partial charge in [-0.25, -0.2) is 9.78 Å². The highest BCUT2D eigenvalue weighted by molar-refractivity contribution is 7.99. The molecule has 3 aromatic carbocycles. The zero-order valence-corrected chi connectivity index (χ0v) is 28.0. The fourth-order valence-electron chi connectivity index (χ4n) is 5.42. The van der Waals surface area contributed by atoms with Gasteiger partial charge in [0.25, 0.3) is 5.89 Å². The fraction of sp³-hybridized carbons (Fsp3) is 0.361. The van der Waals surface area contributed by atoms with E-state index in [9.17, 15) is 19.2 Å². The van der Waals surface area contributed by atoms with Gasteiger partial charge in [-0.2, -0.15) is 0 Å². The lowest BCUT2D eigenvalue weighted by atomic mass is 9.94. The van der Waals surface area contributed by atoms with Gasteiger partial charge in [-0.15, -0.1) is 11.8 Å². The molecule has 10 nitrogen and oxygen atoms in total. The number of hydrogen-bond acceptors (Lipinski definition) is 8. The van der Waals surface area contributed by atoms with Gasteiger partial charge in [0.05, 0.1) is 0 Å². The number of carbonyl (C=O) groups is 4. The Morgan fingerprint density at radius 3 is 2.23 bits per heavy atom. The summed E-state index contributed by atoms with van der Waals surface area (Å²) in [6.45, 7) is 8.93. The molecule has 1 fully saturated rings. The van der Waals surface area contributed by atoms with Crippen molar-refractivity contribution in [2.75, 3.05) is 5.75 Å². The number of ketones is 1. The molecule has 1 aliphatic rings. The van der Waals surface area contributed by atoms with E-state index in [2.05, 4.69) is 15.6 Å². The molecule has 0 saturated carbocycles. The fourth-order valence-corrected chi connectivity index (χ4v) is 6.79. The Morgan fingerprint density at radius 2 is 1.60 bits per heavy atom. The van der Waals surface area contributed by atoms with Crippen LogP contribution in [0.15, 0.2) is 89.3 Å². The Balaban J connectivity index is 1.45. The monoisotopic (exact) mass is 656 g/mol. The van der Waals surface area contributed by atoms with E-state index < -0.39 is 46.9 Å². The van der Waals surface area contributed by atoms with Crippen LogP contribution >= 0.6 is 11.8 Å². The maximum atomic E-state index is 14.4. The SMILES string of the molecule is CC(C)[C@H](NC(=O)OC(C)(C)C)C(=O)N1[C@@H](NC(=O)[C@@H](Cc2ccccc2)C(=O)c2nc3ccccc3o2)CS[C@@H]1c1ccccc1. The number of benzene rings is 3. The number of hydrogen-bond donors (Lipinski definition) is 2. The van der Waals surface area contributed by atoms with E-state index in [0.29, 0.717) is 16.9 Å². The summed E-state index contributed by atoms with van der Waals surface area (Å²) in [6, 6.07) is 24.8. The predicted molar refractivity (Wildman–Crippen MR) is 180 cm³/mol. The van der Waals surface area contributed by atoms with Crippen LogP contribution in [0.2, 0.25) is 0 Å². The Bertz CT molecular complexity index is 1690. The summed E-state index contributed by atoms with van der Waals surface area (Å²) in [6.07, 6.45) is -1.38. The van der Waals surface area contributed by atoms with Gasteiger partial charge < -0.3 is 24.7 Å². The number of para-hydroxylation sites is 2. The van der Waals surface area contributed by atoms with Gasteiger partial charge >= 0.3 is 6.09 Å². The quantitative estimate of drug-likeness (QED) is 0.154. The maximum Gasteiger partial charge on any atom is 0.408 e. The predicted octanol–water partition coefficient (Wildman–Crippen LogP) is 6.14. The van der Waals surface area contributed by atoms with Crippen molar-refractivity contribution in [3.05, 3.63) is 102 Å².